The molecule has 1 aliphatic heterocycles. The molecule has 2 rings (SSSR count). The minimum atomic E-state index is -3.44. The van der Waals surface area contributed by atoms with E-state index in [1.165, 1.54) is 0 Å². The van der Waals surface area contributed by atoms with Crippen molar-refractivity contribution in [3.8, 4) is 0 Å². The van der Waals surface area contributed by atoms with E-state index in [1.807, 2.05) is 12.1 Å². The molecule has 0 unspecified atom stereocenters. The van der Waals surface area contributed by atoms with E-state index in [1.54, 1.807) is 12.1 Å². The van der Waals surface area contributed by atoms with Gasteiger partial charge < -0.3 is 0 Å². The van der Waals surface area contributed by atoms with Crippen molar-refractivity contribution in [1.82, 2.24) is 0 Å². The number of carbonyl (C=O) groups is 1. The van der Waals surface area contributed by atoms with Crippen LogP contribution in [0.3, 0.4) is 0 Å². The maximum Gasteiger partial charge on any atom is 0.242 e. The van der Waals surface area contributed by atoms with Gasteiger partial charge in [0.15, 0.2) is 0 Å². The van der Waals surface area contributed by atoms with Crippen LogP contribution in [0.2, 0.25) is 0 Å². The average Bonchev–Trinajstić information content (AvgIpc) is 2.53. The fourth-order valence-electron chi connectivity index (χ4n) is 1.86. The molecule has 1 heterocycles. The fraction of sp³-hybridized carbons (Fsp3) is 0.417. The Balaban J connectivity index is 2.38. The smallest absolute Gasteiger partial charge is 0.242 e. The highest BCUT2D eigenvalue weighted by Gasteiger charge is 2.36. The summed E-state index contributed by atoms with van der Waals surface area (Å²) in [7, 11) is -3.44. The van der Waals surface area contributed by atoms with E-state index in [2.05, 4.69) is 13.8 Å². The van der Waals surface area contributed by atoms with E-state index in [9.17, 15) is 13.2 Å². The Kier molecular flexibility index (Phi) is 2.95. The molecule has 0 saturated carbocycles. The summed E-state index contributed by atoms with van der Waals surface area (Å²) >= 11 is 0. The topological polar surface area (TPSA) is 54.5 Å². The molecule has 0 spiro atoms. The molecule has 1 saturated heterocycles. The van der Waals surface area contributed by atoms with Gasteiger partial charge in [-0.2, -0.15) is 0 Å². The lowest BCUT2D eigenvalue weighted by Crippen LogP contribution is -2.29. The molecule has 5 heteroatoms. The highest BCUT2D eigenvalue weighted by molar-refractivity contribution is 7.94. The van der Waals surface area contributed by atoms with E-state index in [-0.39, 0.29) is 18.1 Å². The van der Waals surface area contributed by atoms with Crippen molar-refractivity contribution in [2.24, 2.45) is 0 Å². The number of rotatable bonds is 2. The summed E-state index contributed by atoms with van der Waals surface area (Å²) in [6.07, 6.45) is 0.0776. The van der Waals surface area contributed by atoms with Crippen molar-refractivity contribution in [2.45, 2.75) is 26.2 Å². The summed E-state index contributed by atoms with van der Waals surface area (Å²) in [4.78, 5) is 11.6. The van der Waals surface area contributed by atoms with Crippen LogP contribution in [-0.2, 0) is 14.8 Å². The zero-order valence-corrected chi connectivity index (χ0v) is 10.7. The van der Waals surface area contributed by atoms with Crippen molar-refractivity contribution in [2.75, 3.05) is 10.1 Å². The molecule has 1 fully saturated rings. The summed E-state index contributed by atoms with van der Waals surface area (Å²) in [6.45, 7) is 4.12. The van der Waals surface area contributed by atoms with Crippen LogP contribution in [0.5, 0.6) is 0 Å². The molecule has 1 aromatic carbocycles. The van der Waals surface area contributed by atoms with E-state index in [4.69, 9.17) is 0 Å². The molecule has 1 aromatic rings. The molecule has 4 nitrogen and oxygen atoms in total. The first kappa shape index (κ1) is 12.1. The van der Waals surface area contributed by atoms with Crippen LogP contribution in [-0.4, -0.2) is 20.1 Å². The number of anilines is 1. The first-order valence-corrected chi connectivity index (χ1v) is 7.18. The number of hydrogen-bond donors (Lipinski definition) is 0. The zero-order chi connectivity index (χ0) is 12.6. The van der Waals surface area contributed by atoms with Gasteiger partial charge in [-0.3, -0.25) is 4.79 Å². The summed E-state index contributed by atoms with van der Waals surface area (Å²) in [5.74, 6) is -0.0464. The number of carbonyl (C=O) groups excluding carboxylic acids is 1. The van der Waals surface area contributed by atoms with Gasteiger partial charge in [-0.15, -0.1) is 0 Å². The van der Waals surface area contributed by atoms with Gasteiger partial charge >= 0.3 is 0 Å². The maximum absolute atomic E-state index is 11.7. The molecular weight excluding hydrogens is 238 g/mol. The van der Waals surface area contributed by atoms with Gasteiger partial charge in [0, 0.05) is 6.42 Å². The number of sulfonamides is 1. The lowest BCUT2D eigenvalue weighted by molar-refractivity contribution is -0.116. The summed E-state index contributed by atoms with van der Waals surface area (Å²) in [6, 6.07) is 7.11. The standard InChI is InChI=1S/C12H15NO3S/c1-9(2)10-3-5-11(6-4-10)13-12(14)7-8-17(13,15)16/h3-6,9H,7-8H2,1-2H3. The number of amides is 1. The Morgan fingerprint density at radius 2 is 1.76 bits per heavy atom. The Labute approximate surface area is 101 Å². The molecule has 0 atom stereocenters. The van der Waals surface area contributed by atoms with Crippen molar-refractivity contribution in [1.29, 1.82) is 0 Å². The SMILES string of the molecule is CC(C)c1ccc(N2C(=O)CCS2(=O)=O)cc1. The van der Waals surface area contributed by atoms with Crippen LogP contribution in [0, 0.1) is 0 Å². The van der Waals surface area contributed by atoms with Crippen LogP contribution in [0.4, 0.5) is 5.69 Å². The van der Waals surface area contributed by atoms with E-state index in [0.29, 0.717) is 11.6 Å². The van der Waals surface area contributed by atoms with Crippen molar-refractivity contribution < 1.29 is 13.2 Å². The number of nitrogens with zero attached hydrogens (tertiary/aromatic N) is 1. The summed E-state index contributed by atoms with van der Waals surface area (Å²) in [5.41, 5.74) is 1.56. The molecule has 0 bridgehead atoms. The van der Waals surface area contributed by atoms with Gasteiger partial charge in [0.25, 0.3) is 0 Å². The zero-order valence-electron chi connectivity index (χ0n) is 9.88. The number of hydrogen-bond acceptors (Lipinski definition) is 3. The highest BCUT2D eigenvalue weighted by Crippen LogP contribution is 2.26. The molecule has 0 N–H and O–H groups in total. The maximum atomic E-state index is 11.7. The van der Waals surface area contributed by atoms with Gasteiger partial charge in [0.05, 0.1) is 11.4 Å². The van der Waals surface area contributed by atoms with Crippen LogP contribution >= 0.6 is 0 Å². The lowest BCUT2D eigenvalue weighted by atomic mass is 10.0. The van der Waals surface area contributed by atoms with E-state index in [0.717, 1.165) is 9.87 Å². The minimum Gasteiger partial charge on any atom is -0.273 e. The second kappa shape index (κ2) is 4.14. The predicted molar refractivity (Wildman–Crippen MR) is 66.4 cm³/mol. The number of benzene rings is 1. The van der Waals surface area contributed by atoms with E-state index < -0.39 is 10.0 Å². The Bertz CT molecular complexity index is 531. The molecule has 1 amide bonds. The normalized spacial score (nSPS) is 19.0. The van der Waals surface area contributed by atoms with Crippen molar-refractivity contribution in [3.05, 3.63) is 29.8 Å². The third-order valence-corrected chi connectivity index (χ3v) is 4.56. The molecule has 1 aliphatic rings. The second-order valence-corrected chi connectivity index (χ2v) is 6.41. The monoisotopic (exact) mass is 253 g/mol. The van der Waals surface area contributed by atoms with E-state index >= 15 is 0 Å². The highest BCUT2D eigenvalue weighted by atomic mass is 32.2. The van der Waals surface area contributed by atoms with Crippen molar-refractivity contribution >= 4 is 21.6 Å². The predicted octanol–water partition coefficient (Wildman–Crippen LogP) is 1.88. The summed E-state index contributed by atoms with van der Waals surface area (Å²) in [5, 5.41) is 0. The average molecular weight is 253 g/mol. The summed E-state index contributed by atoms with van der Waals surface area (Å²) < 4.78 is 24.3. The largest absolute Gasteiger partial charge is 0.273 e. The van der Waals surface area contributed by atoms with Crippen LogP contribution in [0.15, 0.2) is 24.3 Å². The van der Waals surface area contributed by atoms with Crippen molar-refractivity contribution in [3.63, 3.8) is 0 Å². The Morgan fingerprint density at radius 3 is 2.18 bits per heavy atom. The van der Waals surface area contributed by atoms with Crippen LogP contribution in [0.25, 0.3) is 0 Å². The third-order valence-electron chi connectivity index (χ3n) is 2.87. The van der Waals surface area contributed by atoms with Crippen LogP contribution in [0.1, 0.15) is 31.7 Å². The van der Waals surface area contributed by atoms with Gasteiger partial charge in [-0.05, 0) is 23.6 Å². The molecule has 92 valence electrons. The van der Waals surface area contributed by atoms with Gasteiger partial charge in [0.2, 0.25) is 15.9 Å². The lowest BCUT2D eigenvalue weighted by Gasteiger charge is -2.15. The van der Waals surface area contributed by atoms with Gasteiger partial charge in [-0.1, -0.05) is 26.0 Å². The fourth-order valence-corrected chi connectivity index (χ4v) is 3.32. The quantitative estimate of drug-likeness (QED) is 0.808. The molecule has 0 radical (unpaired) electrons. The second-order valence-electron chi connectivity index (χ2n) is 4.47. The minimum absolute atomic E-state index is 0.0776. The first-order valence-electron chi connectivity index (χ1n) is 5.57. The Morgan fingerprint density at radius 1 is 1.18 bits per heavy atom. The van der Waals surface area contributed by atoms with Gasteiger partial charge in [-0.25, -0.2) is 12.7 Å². The third kappa shape index (κ3) is 2.20. The molecular formula is C12H15NO3S. The molecule has 0 aliphatic carbocycles. The van der Waals surface area contributed by atoms with Gasteiger partial charge in [0.1, 0.15) is 0 Å². The van der Waals surface area contributed by atoms with Crippen LogP contribution < -0.4 is 4.31 Å². The Hall–Kier alpha value is -1.36. The molecule has 0 aromatic heterocycles. The molecule has 17 heavy (non-hydrogen) atoms. The first-order chi connectivity index (χ1) is 7.92.